The van der Waals surface area contributed by atoms with Crippen LogP contribution in [0.1, 0.15) is 50.2 Å². The quantitative estimate of drug-likeness (QED) is 0.551. The SMILES string of the molecule is CC(C)c1cnn2c(NCc3ccccc3N3CCC3=O)nc(O[C@@H]3CCCNC3)nc12. The normalized spacial score (nSPS) is 18.8. The van der Waals surface area contributed by atoms with Gasteiger partial charge >= 0.3 is 6.01 Å². The minimum Gasteiger partial charge on any atom is -0.459 e. The molecule has 1 aromatic carbocycles. The van der Waals surface area contributed by atoms with E-state index in [0.29, 0.717) is 24.9 Å². The fourth-order valence-electron chi connectivity index (χ4n) is 4.19. The Morgan fingerprint density at radius 3 is 2.88 bits per heavy atom. The van der Waals surface area contributed by atoms with E-state index in [4.69, 9.17) is 9.72 Å². The number of carbonyl (C=O) groups excluding carboxylic acids is 1. The predicted molar refractivity (Wildman–Crippen MR) is 122 cm³/mol. The van der Waals surface area contributed by atoms with Crippen molar-refractivity contribution >= 4 is 23.2 Å². The lowest BCUT2D eigenvalue weighted by Gasteiger charge is -2.32. The summed E-state index contributed by atoms with van der Waals surface area (Å²) in [6.45, 7) is 7.33. The van der Waals surface area contributed by atoms with Gasteiger partial charge < -0.3 is 20.3 Å². The Bertz CT molecular complexity index is 1120. The van der Waals surface area contributed by atoms with Gasteiger partial charge in [0.1, 0.15) is 6.10 Å². The molecule has 9 heteroatoms. The molecule has 0 bridgehead atoms. The summed E-state index contributed by atoms with van der Waals surface area (Å²) in [7, 11) is 0. The third-order valence-electron chi connectivity index (χ3n) is 6.09. The van der Waals surface area contributed by atoms with Crippen molar-refractivity contribution < 1.29 is 9.53 Å². The van der Waals surface area contributed by atoms with Crippen LogP contribution < -0.4 is 20.3 Å². The number of para-hydroxylation sites is 1. The Kier molecular flexibility index (Phi) is 5.65. The Morgan fingerprint density at radius 2 is 2.16 bits per heavy atom. The van der Waals surface area contributed by atoms with Gasteiger partial charge in [0.05, 0.1) is 6.20 Å². The monoisotopic (exact) mass is 435 g/mol. The van der Waals surface area contributed by atoms with Crippen molar-refractivity contribution in [2.75, 3.05) is 29.9 Å². The molecular formula is C23H29N7O2. The Morgan fingerprint density at radius 1 is 1.28 bits per heavy atom. The van der Waals surface area contributed by atoms with E-state index >= 15 is 0 Å². The van der Waals surface area contributed by atoms with Crippen LogP contribution in [-0.2, 0) is 11.3 Å². The van der Waals surface area contributed by atoms with Gasteiger partial charge in [-0.1, -0.05) is 32.0 Å². The van der Waals surface area contributed by atoms with E-state index in [1.807, 2.05) is 35.4 Å². The number of ether oxygens (including phenoxy) is 1. The van der Waals surface area contributed by atoms with Crippen LogP contribution in [0.25, 0.3) is 5.65 Å². The standard InChI is InChI=1S/C23H29N7O2/c1-15(2)18-14-26-30-21(18)27-23(32-17-7-5-10-24-13-17)28-22(30)25-12-16-6-3-4-8-19(16)29-11-9-20(29)31/h3-4,6,8,14-15,17,24H,5,7,9-13H2,1-2H3,(H,25,27,28)/t17-/m1/s1. The number of amides is 1. The first-order chi connectivity index (χ1) is 15.6. The molecule has 5 rings (SSSR count). The molecule has 3 aromatic rings. The minimum absolute atomic E-state index is 0.0580. The van der Waals surface area contributed by atoms with Crippen molar-refractivity contribution in [3.63, 3.8) is 0 Å². The molecule has 2 N–H and O–H groups in total. The zero-order valence-electron chi connectivity index (χ0n) is 18.5. The number of piperidine rings is 1. The maximum atomic E-state index is 12.0. The lowest BCUT2D eigenvalue weighted by Crippen LogP contribution is -2.44. The first-order valence-corrected chi connectivity index (χ1v) is 11.4. The van der Waals surface area contributed by atoms with Crippen molar-refractivity contribution in [3.8, 4) is 6.01 Å². The van der Waals surface area contributed by atoms with Gasteiger partial charge in [-0.15, -0.1) is 0 Å². The van der Waals surface area contributed by atoms with Crippen LogP contribution in [0.2, 0.25) is 0 Å². The maximum Gasteiger partial charge on any atom is 0.322 e. The van der Waals surface area contributed by atoms with Crippen LogP contribution in [0, 0.1) is 0 Å². The molecular weight excluding hydrogens is 406 g/mol. The number of aromatic nitrogens is 4. The first kappa shape index (κ1) is 20.7. The van der Waals surface area contributed by atoms with Gasteiger partial charge in [-0.05, 0) is 36.9 Å². The Balaban J connectivity index is 1.44. The molecule has 0 spiro atoms. The molecule has 0 radical (unpaired) electrons. The molecule has 1 atom stereocenters. The van der Waals surface area contributed by atoms with E-state index in [-0.39, 0.29) is 17.9 Å². The third kappa shape index (κ3) is 4.00. The van der Waals surface area contributed by atoms with E-state index in [1.54, 1.807) is 4.52 Å². The maximum absolute atomic E-state index is 12.0. The van der Waals surface area contributed by atoms with Gasteiger partial charge in [0.15, 0.2) is 5.65 Å². The zero-order chi connectivity index (χ0) is 22.1. The van der Waals surface area contributed by atoms with Crippen molar-refractivity contribution in [2.24, 2.45) is 0 Å². The number of nitrogens with one attached hydrogen (secondary N) is 2. The van der Waals surface area contributed by atoms with Gasteiger partial charge in [-0.25, -0.2) is 0 Å². The highest BCUT2D eigenvalue weighted by Gasteiger charge is 2.27. The van der Waals surface area contributed by atoms with Crippen LogP contribution in [-0.4, -0.2) is 51.2 Å². The van der Waals surface area contributed by atoms with Crippen molar-refractivity contribution in [1.82, 2.24) is 24.9 Å². The molecule has 2 aliphatic rings. The van der Waals surface area contributed by atoms with Gasteiger partial charge in [-0.2, -0.15) is 19.6 Å². The lowest BCUT2D eigenvalue weighted by atomic mass is 10.1. The van der Waals surface area contributed by atoms with Crippen LogP contribution in [0.15, 0.2) is 30.5 Å². The second-order valence-electron chi connectivity index (χ2n) is 8.68. The summed E-state index contributed by atoms with van der Waals surface area (Å²) < 4.78 is 7.88. The van der Waals surface area contributed by atoms with Gasteiger partial charge in [0.2, 0.25) is 11.9 Å². The number of β-lactam (4-membered cyclic amide) rings is 1. The van der Waals surface area contributed by atoms with Crippen molar-refractivity contribution in [1.29, 1.82) is 0 Å². The van der Waals surface area contributed by atoms with Gasteiger partial charge in [0.25, 0.3) is 0 Å². The molecule has 0 saturated carbocycles. The molecule has 2 aromatic heterocycles. The average molecular weight is 436 g/mol. The molecule has 4 heterocycles. The average Bonchev–Trinajstić information content (AvgIpc) is 3.22. The number of hydrogen-bond donors (Lipinski definition) is 2. The lowest BCUT2D eigenvalue weighted by molar-refractivity contribution is -0.122. The summed E-state index contributed by atoms with van der Waals surface area (Å²) in [5.41, 5.74) is 3.77. The van der Waals surface area contributed by atoms with Crippen LogP contribution in [0.4, 0.5) is 11.6 Å². The van der Waals surface area contributed by atoms with E-state index in [2.05, 4.69) is 34.6 Å². The highest BCUT2D eigenvalue weighted by molar-refractivity contribution is 6.00. The zero-order valence-corrected chi connectivity index (χ0v) is 18.5. The first-order valence-electron chi connectivity index (χ1n) is 11.4. The molecule has 168 valence electrons. The number of fused-ring (bicyclic) bond motifs is 1. The number of rotatable bonds is 7. The highest BCUT2D eigenvalue weighted by Crippen LogP contribution is 2.28. The van der Waals surface area contributed by atoms with E-state index in [1.165, 1.54) is 0 Å². The number of nitrogens with zero attached hydrogens (tertiary/aromatic N) is 5. The summed E-state index contributed by atoms with van der Waals surface area (Å²) in [5.74, 6) is 1.01. The second kappa shape index (κ2) is 8.74. The topological polar surface area (TPSA) is 96.7 Å². The number of benzene rings is 1. The highest BCUT2D eigenvalue weighted by atomic mass is 16.5. The van der Waals surface area contributed by atoms with E-state index in [0.717, 1.165) is 54.9 Å². The van der Waals surface area contributed by atoms with Gasteiger partial charge in [0, 0.05) is 37.3 Å². The largest absolute Gasteiger partial charge is 0.459 e. The molecule has 2 aliphatic heterocycles. The minimum atomic E-state index is 0.0580. The summed E-state index contributed by atoms with van der Waals surface area (Å²) in [4.78, 5) is 23.1. The Labute approximate surface area is 187 Å². The molecule has 32 heavy (non-hydrogen) atoms. The van der Waals surface area contributed by atoms with Crippen molar-refractivity contribution in [2.45, 2.75) is 51.7 Å². The van der Waals surface area contributed by atoms with Crippen molar-refractivity contribution in [3.05, 3.63) is 41.6 Å². The molecule has 0 unspecified atom stereocenters. The molecule has 1 amide bonds. The van der Waals surface area contributed by atoms with Crippen LogP contribution >= 0.6 is 0 Å². The van der Waals surface area contributed by atoms with E-state index < -0.39 is 0 Å². The summed E-state index contributed by atoms with van der Waals surface area (Å²) in [6, 6.07) is 8.32. The molecule has 0 aliphatic carbocycles. The number of anilines is 2. The summed E-state index contributed by atoms with van der Waals surface area (Å²) >= 11 is 0. The fourth-order valence-corrected chi connectivity index (χ4v) is 4.19. The molecule has 2 fully saturated rings. The van der Waals surface area contributed by atoms with Gasteiger partial charge in [-0.3, -0.25) is 4.79 Å². The predicted octanol–water partition coefficient (Wildman–Crippen LogP) is 2.73. The number of carbonyl (C=O) groups is 1. The third-order valence-corrected chi connectivity index (χ3v) is 6.09. The smallest absolute Gasteiger partial charge is 0.322 e. The van der Waals surface area contributed by atoms with E-state index in [9.17, 15) is 4.79 Å². The molecule has 9 nitrogen and oxygen atoms in total. The van der Waals surface area contributed by atoms with Crippen LogP contribution in [0.5, 0.6) is 6.01 Å². The Hall–Kier alpha value is -3.20. The molecule has 2 saturated heterocycles. The second-order valence-corrected chi connectivity index (χ2v) is 8.68. The summed E-state index contributed by atoms with van der Waals surface area (Å²) in [5, 5.41) is 11.3. The summed E-state index contributed by atoms with van der Waals surface area (Å²) in [6.07, 6.45) is 4.57. The number of hydrogen-bond acceptors (Lipinski definition) is 7. The fraction of sp³-hybridized carbons (Fsp3) is 0.478. The van der Waals surface area contributed by atoms with Crippen LogP contribution in [0.3, 0.4) is 0 Å².